The lowest BCUT2D eigenvalue weighted by Crippen LogP contribution is -2.16. The molecule has 0 aliphatic rings. The third-order valence-electron chi connectivity index (χ3n) is 4.93. The van der Waals surface area contributed by atoms with Gasteiger partial charge in [0.2, 0.25) is 5.95 Å². The second kappa shape index (κ2) is 10.0. The molecule has 0 atom stereocenters. The van der Waals surface area contributed by atoms with Gasteiger partial charge < -0.3 is 25.1 Å². The Bertz CT molecular complexity index is 1140. The quantitative estimate of drug-likeness (QED) is 0.336. The normalized spacial score (nSPS) is 11.0. The highest BCUT2D eigenvalue weighted by Gasteiger charge is 2.11. The van der Waals surface area contributed by atoms with Crippen LogP contribution in [0, 0.1) is 0 Å². The number of aromatic amines is 1. The largest absolute Gasteiger partial charge is 0.495 e. The molecule has 4 rings (SSSR count). The maximum absolute atomic E-state index is 5.58. The smallest absolute Gasteiger partial charge is 0.227 e. The Morgan fingerprint density at radius 3 is 2.87 bits per heavy atom. The molecule has 0 unspecified atom stereocenters. The molecule has 8 heteroatoms. The lowest BCUT2D eigenvalue weighted by molar-refractivity contribution is 0.194. The van der Waals surface area contributed by atoms with Crippen molar-refractivity contribution < 1.29 is 9.47 Å². The number of rotatable bonds is 10. The Balaban J connectivity index is 1.49. The van der Waals surface area contributed by atoms with E-state index in [4.69, 9.17) is 9.47 Å². The van der Waals surface area contributed by atoms with Crippen LogP contribution in [0.15, 0.2) is 55.0 Å². The summed E-state index contributed by atoms with van der Waals surface area (Å²) in [5.41, 5.74) is 4.57. The molecule has 3 N–H and O–H groups in total. The molecule has 31 heavy (non-hydrogen) atoms. The molecule has 1 aromatic carbocycles. The number of H-pyrrole nitrogens is 1. The summed E-state index contributed by atoms with van der Waals surface area (Å²) in [5.74, 6) is 1.24. The first-order chi connectivity index (χ1) is 15.3. The molecule has 0 saturated heterocycles. The lowest BCUT2D eigenvalue weighted by atomic mass is 10.1. The summed E-state index contributed by atoms with van der Waals surface area (Å²) >= 11 is 0. The fourth-order valence-electron chi connectivity index (χ4n) is 3.38. The maximum atomic E-state index is 5.58. The van der Waals surface area contributed by atoms with Crippen LogP contribution in [0.3, 0.4) is 0 Å². The molecule has 160 valence electrons. The highest BCUT2D eigenvalue weighted by molar-refractivity contribution is 5.92. The lowest BCUT2D eigenvalue weighted by Gasteiger charge is -2.13. The minimum Gasteiger partial charge on any atom is -0.495 e. The zero-order valence-electron chi connectivity index (χ0n) is 17.7. The number of hydrogen-bond acceptors (Lipinski definition) is 7. The first kappa shape index (κ1) is 20.8. The molecule has 3 aromatic heterocycles. The van der Waals surface area contributed by atoms with Crippen molar-refractivity contribution in [2.45, 2.75) is 13.0 Å². The van der Waals surface area contributed by atoms with E-state index in [1.807, 2.05) is 36.5 Å². The fourth-order valence-corrected chi connectivity index (χ4v) is 3.38. The van der Waals surface area contributed by atoms with E-state index in [1.165, 1.54) is 0 Å². The molecule has 3 heterocycles. The van der Waals surface area contributed by atoms with Gasteiger partial charge in [0.1, 0.15) is 11.4 Å². The van der Waals surface area contributed by atoms with Gasteiger partial charge in [0.15, 0.2) is 0 Å². The minimum absolute atomic E-state index is 0.500. The number of methoxy groups -OCH3 is 2. The molecule has 0 bridgehead atoms. The molecule has 0 saturated carbocycles. The zero-order valence-corrected chi connectivity index (χ0v) is 17.7. The second-order valence-corrected chi connectivity index (χ2v) is 7.05. The van der Waals surface area contributed by atoms with Gasteiger partial charge in [-0.15, -0.1) is 0 Å². The topological polar surface area (TPSA) is 97.0 Å². The number of aromatic nitrogens is 4. The van der Waals surface area contributed by atoms with Crippen LogP contribution in [0.25, 0.3) is 22.3 Å². The molecule has 0 aliphatic heterocycles. The number of nitrogens with one attached hydrogen (secondary N) is 3. The first-order valence-electron chi connectivity index (χ1n) is 10.2. The predicted molar refractivity (Wildman–Crippen MR) is 122 cm³/mol. The van der Waals surface area contributed by atoms with Crippen molar-refractivity contribution in [3.05, 3.63) is 60.6 Å². The van der Waals surface area contributed by atoms with Gasteiger partial charge in [0.25, 0.3) is 0 Å². The van der Waals surface area contributed by atoms with E-state index in [0.717, 1.165) is 65.4 Å². The van der Waals surface area contributed by atoms with Gasteiger partial charge in [0, 0.05) is 49.8 Å². The number of nitrogens with zero attached hydrogens (tertiary/aromatic N) is 3. The summed E-state index contributed by atoms with van der Waals surface area (Å²) in [4.78, 5) is 16.6. The summed E-state index contributed by atoms with van der Waals surface area (Å²) in [6.45, 7) is 2.42. The first-order valence-corrected chi connectivity index (χ1v) is 10.2. The van der Waals surface area contributed by atoms with Crippen molar-refractivity contribution >= 4 is 22.7 Å². The van der Waals surface area contributed by atoms with Crippen LogP contribution in [0.1, 0.15) is 12.0 Å². The van der Waals surface area contributed by atoms with Crippen molar-refractivity contribution in [2.24, 2.45) is 0 Å². The summed E-state index contributed by atoms with van der Waals surface area (Å²) in [6, 6.07) is 11.9. The van der Waals surface area contributed by atoms with Gasteiger partial charge in [-0.3, -0.25) is 0 Å². The average Bonchev–Trinajstić information content (AvgIpc) is 3.24. The van der Waals surface area contributed by atoms with E-state index >= 15 is 0 Å². The van der Waals surface area contributed by atoms with Crippen LogP contribution in [0.5, 0.6) is 5.75 Å². The SMILES string of the molecule is COCCCNCc1ccc(Nc2nccc(-c3c[nH]c4ncccc34)n2)c(OC)c1. The summed E-state index contributed by atoms with van der Waals surface area (Å²) < 4.78 is 10.7. The van der Waals surface area contributed by atoms with E-state index in [9.17, 15) is 0 Å². The van der Waals surface area contributed by atoms with Gasteiger partial charge in [-0.2, -0.15) is 0 Å². The monoisotopic (exact) mass is 418 g/mol. The van der Waals surface area contributed by atoms with Crippen LogP contribution in [-0.2, 0) is 11.3 Å². The Morgan fingerprint density at radius 2 is 2.00 bits per heavy atom. The number of hydrogen-bond donors (Lipinski definition) is 3. The molecule has 4 aromatic rings. The van der Waals surface area contributed by atoms with Gasteiger partial charge in [0.05, 0.1) is 18.5 Å². The Morgan fingerprint density at radius 1 is 1.06 bits per heavy atom. The molecule has 0 aliphatic carbocycles. The van der Waals surface area contributed by atoms with Crippen LogP contribution in [0.2, 0.25) is 0 Å². The Labute approximate surface area is 181 Å². The van der Waals surface area contributed by atoms with Gasteiger partial charge >= 0.3 is 0 Å². The van der Waals surface area contributed by atoms with Crippen LogP contribution in [0.4, 0.5) is 11.6 Å². The molecular weight excluding hydrogens is 392 g/mol. The summed E-state index contributed by atoms with van der Waals surface area (Å²) in [5, 5.41) is 7.70. The molecule has 0 spiro atoms. The molecule has 0 amide bonds. The molecule has 0 radical (unpaired) electrons. The van der Waals surface area contributed by atoms with Crippen molar-refractivity contribution in [1.29, 1.82) is 0 Å². The van der Waals surface area contributed by atoms with Gasteiger partial charge in [-0.25, -0.2) is 15.0 Å². The third-order valence-corrected chi connectivity index (χ3v) is 4.93. The predicted octanol–water partition coefficient (Wildman–Crippen LogP) is 3.90. The van der Waals surface area contributed by atoms with Crippen molar-refractivity contribution in [1.82, 2.24) is 25.3 Å². The number of benzene rings is 1. The standard InChI is InChI=1S/C23H26N6O2/c1-30-12-4-9-24-14-16-6-7-20(21(13-16)31-2)29-23-26-11-8-19(28-23)18-15-27-22-17(18)5-3-10-25-22/h3,5-8,10-11,13,15,24H,4,9,12,14H2,1-2H3,(H,25,27)(H,26,28,29). The van der Waals surface area contributed by atoms with Gasteiger partial charge in [-0.05, 0) is 48.9 Å². The summed E-state index contributed by atoms with van der Waals surface area (Å²) in [6.07, 6.45) is 6.40. The average molecular weight is 419 g/mol. The highest BCUT2D eigenvalue weighted by atomic mass is 16.5. The van der Waals surface area contributed by atoms with E-state index in [1.54, 1.807) is 26.6 Å². The molecule has 0 fully saturated rings. The van der Waals surface area contributed by atoms with Crippen molar-refractivity contribution in [3.63, 3.8) is 0 Å². The highest BCUT2D eigenvalue weighted by Crippen LogP contribution is 2.30. The third kappa shape index (κ3) is 4.99. The van der Waals surface area contributed by atoms with Crippen molar-refractivity contribution in [2.75, 3.05) is 32.7 Å². The van der Waals surface area contributed by atoms with Crippen LogP contribution >= 0.6 is 0 Å². The maximum Gasteiger partial charge on any atom is 0.227 e. The molecule has 8 nitrogen and oxygen atoms in total. The van der Waals surface area contributed by atoms with E-state index in [2.05, 4.69) is 36.6 Å². The van der Waals surface area contributed by atoms with Crippen LogP contribution < -0.4 is 15.4 Å². The van der Waals surface area contributed by atoms with Gasteiger partial charge in [-0.1, -0.05) is 6.07 Å². The van der Waals surface area contributed by atoms with E-state index in [-0.39, 0.29) is 0 Å². The summed E-state index contributed by atoms with van der Waals surface area (Å²) in [7, 11) is 3.38. The van der Waals surface area contributed by atoms with Crippen LogP contribution in [-0.4, -0.2) is 47.3 Å². The fraction of sp³-hybridized carbons (Fsp3) is 0.261. The Kier molecular flexibility index (Phi) is 6.71. The molecular formula is C23H26N6O2. The second-order valence-electron chi connectivity index (χ2n) is 7.05. The number of ether oxygens (including phenoxy) is 2. The zero-order chi connectivity index (χ0) is 21.5. The number of anilines is 2. The Hall–Kier alpha value is -3.49. The number of fused-ring (bicyclic) bond motifs is 1. The van der Waals surface area contributed by atoms with E-state index in [0.29, 0.717) is 5.95 Å². The van der Waals surface area contributed by atoms with E-state index < -0.39 is 0 Å². The van der Waals surface area contributed by atoms with Crippen molar-refractivity contribution in [3.8, 4) is 17.0 Å². The minimum atomic E-state index is 0.500. The number of pyridine rings is 1.